The summed E-state index contributed by atoms with van der Waals surface area (Å²) >= 11 is 5.75. The van der Waals surface area contributed by atoms with Crippen LogP contribution in [0.25, 0.3) is 10.8 Å². The van der Waals surface area contributed by atoms with E-state index in [1.165, 1.54) is 0 Å². The van der Waals surface area contributed by atoms with E-state index in [0.29, 0.717) is 5.15 Å². The molecule has 0 saturated carbocycles. The van der Waals surface area contributed by atoms with Crippen LogP contribution in [0.15, 0.2) is 30.5 Å². The van der Waals surface area contributed by atoms with Crippen molar-refractivity contribution in [1.82, 2.24) is 4.98 Å². The van der Waals surface area contributed by atoms with E-state index in [0.717, 1.165) is 16.3 Å². The van der Waals surface area contributed by atoms with Gasteiger partial charge in [-0.25, -0.2) is 4.98 Å². The Morgan fingerprint density at radius 2 is 2.23 bits per heavy atom. The van der Waals surface area contributed by atoms with Gasteiger partial charge in [0.2, 0.25) is 0 Å². The van der Waals surface area contributed by atoms with E-state index in [1.54, 1.807) is 12.3 Å². The normalized spacial score (nSPS) is 10.6. The van der Waals surface area contributed by atoms with Gasteiger partial charge in [-0.05, 0) is 17.0 Å². The van der Waals surface area contributed by atoms with Gasteiger partial charge >= 0.3 is 0 Å². The number of benzene rings is 1. The van der Waals surface area contributed by atoms with Crippen molar-refractivity contribution < 1.29 is 5.11 Å². The van der Waals surface area contributed by atoms with Crippen molar-refractivity contribution in [2.24, 2.45) is 0 Å². The van der Waals surface area contributed by atoms with Gasteiger partial charge in [0.1, 0.15) is 5.15 Å². The topological polar surface area (TPSA) is 33.1 Å². The molecule has 3 heteroatoms. The lowest BCUT2D eigenvalue weighted by molar-refractivity contribution is 0.283. The highest BCUT2D eigenvalue weighted by Gasteiger charge is 2.00. The van der Waals surface area contributed by atoms with Crippen LogP contribution in [0.3, 0.4) is 0 Å². The predicted molar refractivity (Wildman–Crippen MR) is 52.7 cm³/mol. The predicted octanol–water partition coefficient (Wildman–Crippen LogP) is 2.38. The van der Waals surface area contributed by atoms with Gasteiger partial charge in [0.15, 0.2) is 0 Å². The number of halogens is 1. The fourth-order valence-electron chi connectivity index (χ4n) is 1.35. The highest BCUT2D eigenvalue weighted by molar-refractivity contribution is 6.30. The zero-order valence-corrected chi connectivity index (χ0v) is 7.62. The monoisotopic (exact) mass is 193 g/mol. The van der Waals surface area contributed by atoms with E-state index in [4.69, 9.17) is 16.7 Å². The van der Waals surface area contributed by atoms with Crippen LogP contribution in [-0.2, 0) is 6.61 Å². The third-order valence-corrected chi connectivity index (χ3v) is 2.20. The van der Waals surface area contributed by atoms with E-state index < -0.39 is 0 Å². The molecule has 0 aliphatic heterocycles. The molecule has 2 nitrogen and oxygen atoms in total. The lowest BCUT2D eigenvalue weighted by Crippen LogP contribution is -1.86. The van der Waals surface area contributed by atoms with Gasteiger partial charge in [-0.1, -0.05) is 29.8 Å². The number of fused-ring (bicyclic) bond motifs is 1. The second-order valence-electron chi connectivity index (χ2n) is 2.80. The second-order valence-corrected chi connectivity index (χ2v) is 3.19. The SMILES string of the molecule is OCc1cccc2cnc(Cl)cc12. The van der Waals surface area contributed by atoms with Gasteiger partial charge in [-0.3, -0.25) is 0 Å². The maximum atomic E-state index is 9.06. The molecule has 0 amide bonds. The molecular formula is C10H8ClNO. The number of aliphatic hydroxyl groups excluding tert-OH is 1. The molecule has 66 valence electrons. The number of hydrogen-bond acceptors (Lipinski definition) is 2. The summed E-state index contributed by atoms with van der Waals surface area (Å²) in [6.07, 6.45) is 1.71. The molecule has 0 saturated heterocycles. The lowest BCUT2D eigenvalue weighted by Gasteiger charge is -2.02. The van der Waals surface area contributed by atoms with Crippen molar-refractivity contribution in [3.05, 3.63) is 41.2 Å². The maximum absolute atomic E-state index is 9.06. The minimum atomic E-state index is 0.0255. The number of nitrogens with zero attached hydrogens (tertiary/aromatic N) is 1. The summed E-state index contributed by atoms with van der Waals surface area (Å²) in [5.74, 6) is 0. The Hall–Kier alpha value is -1.12. The van der Waals surface area contributed by atoms with Crippen LogP contribution < -0.4 is 0 Å². The van der Waals surface area contributed by atoms with Crippen molar-refractivity contribution in [2.75, 3.05) is 0 Å². The average molecular weight is 194 g/mol. The minimum absolute atomic E-state index is 0.0255. The number of aromatic nitrogens is 1. The molecule has 0 fully saturated rings. The molecule has 1 heterocycles. The van der Waals surface area contributed by atoms with E-state index in [9.17, 15) is 0 Å². The van der Waals surface area contributed by atoms with Crippen molar-refractivity contribution in [3.63, 3.8) is 0 Å². The summed E-state index contributed by atoms with van der Waals surface area (Å²) in [5, 5.41) is 11.5. The van der Waals surface area contributed by atoms with Crippen LogP contribution in [0.1, 0.15) is 5.56 Å². The van der Waals surface area contributed by atoms with Gasteiger partial charge in [-0.2, -0.15) is 0 Å². The molecule has 0 aliphatic carbocycles. The molecule has 0 aliphatic rings. The Morgan fingerprint density at radius 1 is 1.38 bits per heavy atom. The van der Waals surface area contributed by atoms with E-state index in [2.05, 4.69) is 4.98 Å². The molecule has 2 aromatic rings. The Bertz CT molecular complexity index is 442. The standard InChI is InChI=1S/C10H8ClNO/c11-10-4-9-7(5-12-10)2-1-3-8(9)6-13/h1-5,13H,6H2. The Kier molecular flexibility index (Phi) is 2.17. The van der Waals surface area contributed by atoms with E-state index >= 15 is 0 Å². The van der Waals surface area contributed by atoms with Crippen LogP contribution in [0.2, 0.25) is 5.15 Å². The molecule has 0 radical (unpaired) electrons. The number of pyridine rings is 1. The Morgan fingerprint density at radius 3 is 3.00 bits per heavy atom. The van der Waals surface area contributed by atoms with Crippen molar-refractivity contribution in [2.45, 2.75) is 6.61 Å². The molecule has 1 N–H and O–H groups in total. The first-order valence-corrected chi connectivity index (χ1v) is 4.33. The summed E-state index contributed by atoms with van der Waals surface area (Å²) in [4.78, 5) is 3.97. The molecule has 0 unspecified atom stereocenters. The first kappa shape index (κ1) is 8.48. The highest BCUT2D eigenvalue weighted by Crippen LogP contribution is 2.20. The minimum Gasteiger partial charge on any atom is -0.392 e. The van der Waals surface area contributed by atoms with E-state index in [1.807, 2.05) is 18.2 Å². The molecule has 13 heavy (non-hydrogen) atoms. The molecule has 1 aromatic heterocycles. The summed E-state index contributed by atoms with van der Waals surface area (Å²) < 4.78 is 0. The Balaban J connectivity index is 2.79. The Labute approximate surface area is 80.8 Å². The molecule has 0 spiro atoms. The fraction of sp³-hybridized carbons (Fsp3) is 0.100. The summed E-state index contributed by atoms with van der Waals surface area (Å²) in [6, 6.07) is 7.47. The van der Waals surface area contributed by atoms with Crippen LogP contribution in [0, 0.1) is 0 Å². The third-order valence-electron chi connectivity index (χ3n) is 1.99. The number of hydrogen-bond donors (Lipinski definition) is 1. The third kappa shape index (κ3) is 1.50. The summed E-state index contributed by atoms with van der Waals surface area (Å²) in [6.45, 7) is 0.0255. The largest absolute Gasteiger partial charge is 0.392 e. The van der Waals surface area contributed by atoms with Gasteiger partial charge in [0.05, 0.1) is 6.61 Å². The van der Waals surface area contributed by atoms with Crippen LogP contribution in [0.5, 0.6) is 0 Å². The van der Waals surface area contributed by atoms with Crippen LogP contribution in [0.4, 0.5) is 0 Å². The molecule has 2 rings (SSSR count). The van der Waals surface area contributed by atoms with Gasteiger partial charge in [0, 0.05) is 11.6 Å². The zero-order valence-electron chi connectivity index (χ0n) is 6.87. The quantitative estimate of drug-likeness (QED) is 0.706. The van der Waals surface area contributed by atoms with Gasteiger partial charge in [-0.15, -0.1) is 0 Å². The fourth-order valence-corrected chi connectivity index (χ4v) is 1.50. The first-order chi connectivity index (χ1) is 6.31. The zero-order chi connectivity index (χ0) is 9.26. The molecule has 0 atom stereocenters. The van der Waals surface area contributed by atoms with E-state index in [-0.39, 0.29) is 6.61 Å². The first-order valence-electron chi connectivity index (χ1n) is 3.95. The van der Waals surface area contributed by atoms with Gasteiger partial charge in [0.25, 0.3) is 0 Å². The van der Waals surface area contributed by atoms with Gasteiger partial charge < -0.3 is 5.11 Å². The molecule has 1 aromatic carbocycles. The maximum Gasteiger partial charge on any atom is 0.129 e. The molecular weight excluding hydrogens is 186 g/mol. The van der Waals surface area contributed by atoms with Crippen LogP contribution >= 0.6 is 11.6 Å². The summed E-state index contributed by atoms with van der Waals surface area (Å²) in [5.41, 5.74) is 0.877. The highest BCUT2D eigenvalue weighted by atomic mass is 35.5. The second kappa shape index (κ2) is 3.32. The smallest absolute Gasteiger partial charge is 0.129 e. The van der Waals surface area contributed by atoms with Crippen molar-refractivity contribution in [1.29, 1.82) is 0 Å². The number of aliphatic hydroxyl groups is 1. The lowest BCUT2D eigenvalue weighted by atomic mass is 10.1. The summed E-state index contributed by atoms with van der Waals surface area (Å²) in [7, 11) is 0. The average Bonchev–Trinajstić information content (AvgIpc) is 2.17. The molecule has 0 bridgehead atoms. The van der Waals surface area contributed by atoms with Crippen LogP contribution in [-0.4, -0.2) is 10.1 Å². The van der Waals surface area contributed by atoms with Crippen molar-refractivity contribution >= 4 is 22.4 Å². The van der Waals surface area contributed by atoms with Crippen molar-refractivity contribution in [3.8, 4) is 0 Å². The number of rotatable bonds is 1.